The predicted molar refractivity (Wildman–Crippen MR) is 190 cm³/mol. The third-order valence-corrected chi connectivity index (χ3v) is 13.2. The molecule has 1 heterocycles. The molecule has 2 saturated carbocycles. The van der Waals surface area contributed by atoms with E-state index in [-0.39, 0.29) is 23.6 Å². The number of Topliss-reactive ketones (excluding diaryl/α,β-unsaturated/α-hetero) is 1. The van der Waals surface area contributed by atoms with Crippen molar-refractivity contribution in [3.8, 4) is 0 Å². The highest BCUT2D eigenvalue weighted by Crippen LogP contribution is 2.35. The standard InChI is InChI=1S/C36H63N5O7S/c1-10-11-15-26(28(42)31(44)37-24-16-17-24)38-30(43)27-25(23(2)3)18-21-41(27)32(45)29(34(4,5)6)39-33(46)40-36(19-13-12-14-20-36)22-49(47,48)35(7,8)9/h23-27,29H,10-22H2,1-9H3,(H,37,44)(H,38,43)(H2,39,40,46)/t25?,26-,27-,29+/m0/s1. The lowest BCUT2D eigenvalue weighted by atomic mass is 9.83. The molecule has 4 N–H and O–H groups in total. The van der Waals surface area contributed by atoms with Crippen LogP contribution in [0.3, 0.4) is 0 Å². The Morgan fingerprint density at radius 2 is 1.51 bits per heavy atom. The molecule has 1 unspecified atom stereocenters. The average Bonchev–Trinajstić information content (AvgIpc) is 3.68. The van der Waals surface area contributed by atoms with E-state index in [1.54, 1.807) is 20.8 Å². The number of likely N-dealkylation sites (tertiary alicyclic amines) is 1. The molecule has 12 nitrogen and oxygen atoms in total. The lowest BCUT2D eigenvalue weighted by Gasteiger charge is -2.41. The number of ketones is 1. The van der Waals surface area contributed by atoms with Gasteiger partial charge in [-0.2, -0.15) is 0 Å². The average molecular weight is 710 g/mol. The van der Waals surface area contributed by atoms with Crippen LogP contribution in [0.5, 0.6) is 0 Å². The number of sulfone groups is 1. The lowest BCUT2D eigenvalue weighted by molar-refractivity contribution is -0.145. The second-order valence-corrected chi connectivity index (χ2v) is 19.8. The third-order valence-electron chi connectivity index (χ3n) is 10.4. The summed E-state index contributed by atoms with van der Waals surface area (Å²) in [5, 5.41) is 11.5. The van der Waals surface area contributed by atoms with E-state index in [2.05, 4.69) is 21.3 Å². The summed E-state index contributed by atoms with van der Waals surface area (Å²) in [5.74, 6) is -2.63. The highest BCUT2D eigenvalue weighted by molar-refractivity contribution is 7.92. The molecule has 0 aromatic heterocycles. The predicted octanol–water partition coefficient (Wildman–Crippen LogP) is 4.01. The summed E-state index contributed by atoms with van der Waals surface area (Å²) in [5.41, 5.74) is -1.71. The van der Waals surface area contributed by atoms with Gasteiger partial charge in [-0.05, 0) is 76.5 Å². The Labute approximate surface area is 294 Å². The Bertz CT molecular complexity index is 1320. The van der Waals surface area contributed by atoms with Crippen LogP contribution >= 0.6 is 0 Å². The summed E-state index contributed by atoms with van der Waals surface area (Å²) in [6, 6.07) is -3.55. The summed E-state index contributed by atoms with van der Waals surface area (Å²) in [6.07, 6.45) is 7.51. The summed E-state index contributed by atoms with van der Waals surface area (Å²) in [7, 11) is -3.56. The molecule has 280 valence electrons. The van der Waals surface area contributed by atoms with E-state index in [4.69, 9.17) is 0 Å². The van der Waals surface area contributed by atoms with Crippen LogP contribution in [0.15, 0.2) is 0 Å². The molecule has 0 radical (unpaired) electrons. The van der Waals surface area contributed by atoms with E-state index in [9.17, 15) is 32.4 Å². The molecule has 3 aliphatic rings. The Morgan fingerprint density at radius 3 is 2.02 bits per heavy atom. The van der Waals surface area contributed by atoms with E-state index in [1.165, 1.54) is 4.90 Å². The molecule has 13 heteroatoms. The smallest absolute Gasteiger partial charge is 0.315 e. The van der Waals surface area contributed by atoms with Gasteiger partial charge < -0.3 is 26.2 Å². The van der Waals surface area contributed by atoms with Crippen molar-refractivity contribution in [1.29, 1.82) is 0 Å². The maximum absolute atomic E-state index is 14.4. The maximum Gasteiger partial charge on any atom is 0.315 e. The van der Waals surface area contributed by atoms with Gasteiger partial charge in [0.05, 0.1) is 22.1 Å². The van der Waals surface area contributed by atoms with Gasteiger partial charge in [0.1, 0.15) is 12.1 Å². The molecule has 3 rings (SSSR count). The van der Waals surface area contributed by atoms with Crippen LogP contribution in [0.25, 0.3) is 0 Å². The van der Waals surface area contributed by atoms with Crippen LogP contribution in [-0.2, 0) is 29.0 Å². The Kier molecular flexibility index (Phi) is 13.4. The second kappa shape index (κ2) is 16.1. The first kappa shape index (κ1) is 40.7. The molecule has 0 spiro atoms. The number of carbonyl (C=O) groups is 5. The second-order valence-electron chi connectivity index (χ2n) is 17.1. The topological polar surface area (TPSA) is 171 Å². The Hall–Kier alpha value is -2.70. The Balaban J connectivity index is 1.85. The molecule has 1 aliphatic heterocycles. The zero-order chi connectivity index (χ0) is 36.9. The number of amides is 5. The van der Waals surface area contributed by atoms with Crippen LogP contribution in [0, 0.1) is 17.3 Å². The molecule has 2 aliphatic carbocycles. The maximum atomic E-state index is 14.4. The molecule has 3 fully saturated rings. The van der Waals surface area contributed by atoms with Gasteiger partial charge in [0.15, 0.2) is 9.84 Å². The van der Waals surface area contributed by atoms with Crippen molar-refractivity contribution in [1.82, 2.24) is 26.2 Å². The van der Waals surface area contributed by atoms with Crippen molar-refractivity contribution in [2.45, 2.75) is 167 Å². The number of urea groups is 1. The molecule has 1 saturated heterocycles. The van der Waals surface area contributed by atoms with Crippen molar-refractivity contribution in [2.75, 3.05) is 12.3 Å². The summed E-state index contributed by atoms with van der Waals surface area (Å²) in [4.78, 5) is 69.7. The van der Waals surface area contributed by atoms with E-state index in [1.807, 2.05) is 41.5 Å². The molecule has 0 bridgehead atoms. The van der Waals surface area contributed by atoms with E-state index in [0.29, 0.717) is 38.6 Å². The number of hydrogen-bond donors (Lipinski definition) is 4. The number of hydrogen-bond acceptors (Lipinski definition) is 7. The number of carbonyl (C=O) groups excluding carboxylic acids is 5. The lowest BCUT2D eigenvalue weighted by Crippen LogP contribution is -2.64. The van der Waals surface area contributed by atoms with Crippen LogP contribution in [0.2, 0.25) is 0 Å². The summed E-state index contributed by atoms with van der Waals surface area (Å²) < 4.78 is 25.6. The molecular weight excluding hydrogens is 646 g/mol. The first-order chi connectivity index (χ1) is 22.6. The molecule has 5 amide bonds. The largest absolute Gasteiger partial charge is 0.347 e. The fourth-order valence-corrected chi connectivity index (χ4v) is 8.53. The van der Waals surface area contributed by atoms with Crippen molar-refractivity contribution in [3.63, 3.8) is 0 Å². The van der Waals surface area contributed by atoms with E-state index < -0.39 is 73.2 Å². The molecular formula is C36H63N5O7S. The highest BCUT2D eigenvalue weighted by atomic mass is 32.2. The van der Waals surface area contributed by atoms with Gasteiger partial charge in [-0.3, -0.25) is 19.2 Å². The van der Waals surface area contributed by atoms with Crippen LogP contribution < -0.4 is 21.3 Å². The monoisotopic (exact) mass is 709 g/mol. The molecule has 49 heavy (non-hydrogen) atoms. The van der Waals surface area contributed by atoms with Gasteiger partial charge in [0.25, 0.3) is 5.91 Å². The van der Waals surface area contributed by atoms with Crippen LogP contribution in [0.1, 0.15) is 133 Å². The van der Waals surface area contributed by atoms with Crippen molar-refractivity contribution in [3.05, 3.63) is 0 Å². The molecule has 0 aromatic rings. The van der Waals surface area contributed by atoms with E-state index >= 15 is 0 Å². The highest BCUT2D eigenvalue weighted by Gasteiger charge is 2.49. The van der Waals surface area contributed by atoms with Gasteiger partial charge in [-0.1, -0.05) is 73.6 Å². The van der Waals surface area contributed by atoms with Gasteiger partial charge in [-0.25, -0.2) is 13.2 Å². The minimum absolute atomic E-state index is 0.00200. The summed E-state index contributed by atoms with van der Waals surface area (Å²) >= 11 is 0. The molecule has 0 aromatic carbocycles. The SMILES string of the molecule is CCCC[C@H](NC(=O)[C@@H]1C(C(C)C)CCN1C(=O)[C@@H](NC(=O)NC1(CS(=O)(=O)C(C)(C)C)CCCCC1)C(C)(C)C)C(=O)C(=O)NC1CC1. The minimum atomic E-state index is -3.56. The number of nitrogens with one attached hydrogen (secondary N) is 4. The van der Waals surface area contributed by atoms with Gasteiger partial charge >= 0.3 is 6.03 Å². The quantitative estimate of drug-likeness (QED) is 0.198. The van der Waals surface area contributed by atoms with Gasteiger partial charge in [0.2, 0.25) is 17.6 Å². The zero-order valence-electron chi connectivity index (χ0n) is 31.4. The zero-order valence-corrected chi connectivity index (χ0v) is 32.2. The minimum Gasteiger partial charge on any atom is -0.347 e. The van der Waals surface area contributed by atoms with Gasteiger partial charge in [-0.15, -0.1) is 0 Å². The van der Waals surface area contributed by atoms with Gasteiger partial charge in [0, 0.05) is 12.6 Å². The fraction of sp³-hybridized carbons (Fsp3) is 0.861. The number of unbranched alkanes of at least 4 members (excludes halogenated alkanes) is 1. The fourth-order valence-electron chi connectivity index (χ4n) is 7.01. The van der Waals surface area contributed by atoms with Crippen molar-refractivity contribution < 1.29 is 32.4 Å². The van der Waals surface area contributed by atoms with Crippen molar-refractivity contribution in [2.24, 2.45) is 17.3 Å². The number of nitrogens with zero attached hydrogens (tertiary/aromatic N) is 1. The normalized spacial score (nSPS) is 22.6. The van der Waals surface area contributed by atoms with Crippen LogP contribution in [0.4, 0.5) is 4.79 Å². The van der Waals surface area contributed by atoms with Crippen molar-refractivity contribution >= 4 is 39.4 Å². The first-order valence-electron chi connectivity index (χ1n) is 18.4. The third kappa shape index (κ3) is 10.7. The Morgan fingerprint density at radius 1 is 0.898 bits per heavy atom. The van der Waals surface area contributed by atoms with Crippen LogP contribution in [-0.4, -0.2) is 89.6 Å². The number of rotatable bonds is 14. The molecule has 4 atom stereocenters. The van der Waals surface area contributed by atoms with E-state index in [0.717, 1.165) is 38.5 Å². The first-order valence-corrected chi connectivity index (χ1v) is 20.0. The summed E-state index contributed by atoms with van der Waals surface area (Å²) in [6.45, 7) is 16.7.